The fourth-order valence-corrected chi connectivity index (χ4v) is 2.21. The fourth-order valence-electron chi connectivity index (χ4n) is 2.21. The van der Waals surface area contributed by atoms with Gasteiger partial charge in [-0.15, -0.1) is 12.4 Å². The molecule has 0 aromatic heterocycles. The number of ether oxygens (including phenoxy) is 1. The maximum absolute atomic E-state index is 13.6. The van der Waals surface area contributed by atoms with Crippen molar-refractivity contribution in [1.29, 1.82) is 0 Å². The Morgan fingerprint density at radius 2 is 2.11 bits per heavy atom. The van der Waals surface area contributed by atoms with Crippen LogP contribution in [0, 0.1) is 17.6 Å². The van der Waals surface area contributed by atoms with Crippen molar-refractivity contribution in [2.45, 2.75) is 5.92 Å². The zero-order valence-corrected chi connectivity index (χ0v) is 10.6. The third-order valence-electron chi connectivity index (χ3n) is 3.08. The number of esters is 1. The van der Waals surface area contributed by atoms with Gasteiger partial charge < -0.3 is 10.1 Å². The molecule has 1 fully saturated rings. The third-order valence-corrected chi connectivity index (χ3v) is 3.08. The van der Waals surface area contributed by atoms with Gasteiger partial charge in [0.1, 0.15) is 11.6 Å². The molecule has 0 aliphatic carbocycles. The molecule has 0 bridgehead atoms. The van der Waals surface area contributed by atoms with E-state index >= 15 is 0 Å². The van der Waals surface area contributed by atoms with Crippen LogP contribution in [0.4, 0.5) is 8.78 Å². The van der Waals surface area contributed by atoms with Gasteiger partial charge in [0.15, 0.2) is 0 Å². The number of hydrogen-bond donors (Lipinski definition) is 1. The zero-order valence-electron chi connectivity index (χ0n) is 9.78. The molecule has 1 heterocycles. The van der Waals surface area contributed by atoms with Gasteiger partial charge in [0.25, 0.3) is 0 Å². The molecule has 1 saturated heterocycles. The molecule has 1 aliphatic heterocycles. The Morgan fingerprint density at radius 3 is 2.72 bits per heavy atom. The maximum Gasteiger partial charge on any atom is 0.310 e. The summed E-state index contributed by atoms with van der Waals surface area (Å²) in [6, 6.07) is 3.42. The number of carbonyl (C=O) groups excluding carboxylic acids is 1. The van der Waals surface area contributed by atoms with Gasteiger partial charge in [-0.1, -0.05) is 6.07 Å². The minimum Gasteiger partial charge on any atom is -0.469 e. The van der Waals surface area contributed by atoms with E-state index in [1.54, 1.807) is 0 Å². The predicted octanol–water partition coefficient (Wildman–Crippen LogP) is 1.86. The number of halogens is 3. The van der Waals surface area contributed by atoms with E-state index in [1.807, 2.05) is 0 Å². The zero-order chi connectivity index (χ0) is 12.4. The molecule has 6 heteroatoms. The van der Waals surface area contributed by atoms with Crippen LogP contribution in [-0.4, -0.2) is 26.2 Å². The lowest BCUT2D eigenvalue weighted by molar-refractivity contribution is -0.145. The molecule has 2 atom stereocenters. The second kappa shape index (κ2) is 6.11. The van der Waals surface area contributed by atoms with Crippen molar-refractivity contribution in [3.63, 3.8) is 0 Å². The van der Waals surface area contributed by atoms with Crippen molar-refractivity contribution in [2.24, 2.45) is 5.92 Å². The number of benzene rings is 1. The lowest BCUT2D eigenvalue weighted by Crippen LogP contribution is -2.23. The van der Waals surface area contributed by atoms with Crippen LogP contribution in [-0.2, 0) is 9.53 Å². The van der Waals surface area contributed by atoms with E-state index in [0.29, 0.717) is 18.7 Å². The number of hydrogen-bond acceptors (Lipinski definition) is 3. The lowest BCUT2D eigenvalue weighted by Gasteiger charge is -2.17. The van der Waals surface area contributed by atoms with E-state index in [2.05, 4.69) is 10.1 Å². The summed E-state index contributed by atoms with van der Waals surface area (Å²) < 4.78 is 31.1. The normalized spacial score (nSPS) is 22.4. The Hall–Kier alpha value is -1.20. The molecular weight excluding hydrogens is 264 g/mol. The highest BCUT2D eigenvalue weighted by molar-refractivity contribution is 5.85. The minimum atomic E-state index is -0.619. The van der Waals surface area contributed by atoms with Gasteiger partial charge in [0.2, 0.25) is 0 Å². The Balaban J connectivity index is 0.00000162. The highest BCUT2D eigenvalue weighted by Gasteiger charge is 2.36. The summed E-state index contributed by atoms with van der Waals surface area (Å²) in [6.45, 7) is 0.941. The van der Waals surface area contributed by atoms with E-state index in [0.717, 1.165) is 6.07 Å². The largest absolute Gasteiger partial charge is 0.469 e. The van der Waals surface area contributed by atoms with Gasteiger partial charge in [0.05, 0.1) is 13.0 Å². The van der Waals surface area contributed by atoms with Crippen molar-refractivity contribution >= 4 is 18.4 Å². The summed E-state index contributed by atoms with van der Waals surface area (Å²) in [7, 11) is 1.30. The average molecular weight is 278 g/mol. The Morgan fingerprint density at radius 1 is 1.39 bits per heavy atom. The second-order valence-corrected chi connectivity index (χ2v) is 4.06. The lowest BCUT2D eigenvalue weighted by atomic mass is 9.88. The molecule has 0 radical (unpaired) electrons. The number of carbonyl (C=O) groups is 1. The van der Waals surface area contributed by atoms with Gasteiger partial charge in [-0.3, -0.25) is 4.79 Å². The third kappa shape index (κ3) is 2.79. The smallest absolute Gasteiger partial charge is 0.310 e. The first-order valence-electron chi connectivity index (χ1n) is 5.37. The quantitative estimate of drug-likeness (QED) is 0.839. The van der Waals surface area contributed by atoms with Crippen LogP contribution in [0.5, 0.6) is 0 Å². The Labute approximate surface area is 110 Å². The van der Waals surface area contributed by atoms with Crippen LogP contribution >= 0.6 is 12.4 Å². The van der Waals surface area contributed by atoms with Gasteiger partial charge in [0, 0.05) is 25.1 Å². The number of rotatable bonds is 2. The second-order valence-electron chi connectivity index (χ2n) is 4.06. The van der Waals surface area contributed by atoms with E-state index in [4.69, 9.17) is 0 Å². The number of nitrogens with one attached hydrogen (secondary N) is 1. The van der Waals surface area contributed by atoms with E-state index in [1.165, 1.54) is 19.2 Å². The fraction of sp³-hybridized carbons (Fsp3) is 0.417. The van der Waals surface area contributed by atoms with Crippen molar-refractivity contribution in [2.75, 3.05) is 20.2 Å². The summed E-state index contributed by atoms with van der Waals surface area (Å²) in [5.41, 5.74) is 0.354. The highest BCUT2D eigenvalue weighted by Crippen LogP contribution is 2.30. The maximum atomic E-state index is 13.6. The topological polar surface area (TPSA) is 38.3 Å². The molecule has 2 rings (SSSR count). The van der Waals surface area contributed by atoms with Crippen molar-refractivity contribution in [1.82, 2.24) is 5.32 Å². The van der Waals surface area contributed by atoms with Gasteiger partial charge >= 0.3 is 5.97 Å². The molecule has 0 saturated carbocycles. The minimum absolute atomic E-state index is 0. The van der Waals surface area contributed by atoms with Crippen LogP contribution < -0.4 is 5.32 Å². The monoisotopic (exact) mass is 277 g/mol. The van der Waals surface area contributed by atoms with Crippen LogP contribution in [0.2, 0.25) is 0 Å². The van der Waals surface area contributed by atoms with Gasteiger partial charge in [-0.2, -0.15) is 0 Å². The summed E-state index contributed by atoms with van der Waals surface area (Å²) in [6.07, 6.45) is 0. The van der Waals surface area contributed by atoms with Crippen molar-refractivity contribution < 1.29 is 18.3 Å². The molecule has 1 aromatic carbocycles. The molecule has 0 spiro atoms. The molecule has 0 unspecified atom stereocenters. The van der Waals surface area contributed by atoms with Gasteiger partial charge in [-0.05, 0) is 11.6 Å². The summed E-state index contributed by atoms with van der Waals surface area (Å²) in [4.78, 5) is 11.5. The first kappa shape index (κ1) is 14.9. The molecule has 3 nitrogen and oxygen atoms in total. The van der Waals surface area contributed by atoms with E-state index < -0.39 is 17.6 Å². The average Bonchev–Trinajstić information content (AvgIpc) is 2.77. The molecule has 1 N–H and O–H groups in total. The SMILES string of the molecule is COC(=O)[C@@H]1CNC[C@@H]1c1ccc(F)cc1F.Cl. The van der Waals surface area contributed by atoms with Crippen molar-refractivity contribution in [3.05, 3.63) is 35.4 Å². The first-order valence-corrected chi connectivity index (χ1v) is 5.37. The molecule has 18 heavy (non-hydrogen) atoms. The molecule has 0 amide bonds. The molecule has 100 valence electrons. The summed E-state index contributed by atoms with van der Waals surface area (Å²) in [5, 5.41) is 3.02. The molecule has 1 aromatic rings. The van der Waals surface area contributed by atoms with Crippen LogP contribution in [0.25, 0.3) is 0 Å². The first-order chi connectivity index (χ1) is 8.13. The van der Waals surface area contributed by atoms with Crippen LogP contribution in [0.1, 0.15) is 11.5 Å². The Kier molecular flexibility index (Phi) is 5.04. The van der Waals surface area contributed by atoms with E-state index in [9.17, 15) is 13.6 Å². The summed E-state index contributed by atoms with van der Waals surface area (Å²) in [5.74, 6) is -2.33. The summed E-state index contributed by atoms with van der Waals surface area (Å²) >= 11 is 0. The number of methoxy groups -OCH3 is 1. The molecular formula is C12H14ClF2NO2. The van der Waals surface area contributed by atoms with Gasteiger partial charge in [-0.25, -0.2) is 8.78 Å². The predicted molar refractivity (Wildman–Crippen MR) is 64.7 cm³/mol. The van der Waals surface area contributed by atoms with Crippen LogP contribution in [0.15, 0.2) is 18.2 Å². The Bertz CT molecular complexity index is 442. The standard InChI is InChI=1S/C12H13F2NO2.ClH/c1-17-12(16)10-6-15-5-9(10)8-3-2-7(13)4-11(8)14;/h2-4,9-10,15H,5-6H2,1H3;1H/t9-,10-;/m1./s1. The molecule has 1 aliphatic rings. The van der Waals surface area contributed by atoms with Crippen molar-refractivity contribution in [3.8, 4) is 0 Å². The highest BCUT2D eigenvalue weighted by atomic mass is 35.5. The van der Waals surface area contributed by atoms with E-state index in [-0.39, 0.29) is 24.3 Å². The van der Waals surface area contributed by atoms with Crippen LogP contribution in [0.3, 0.4) is 0 Å².